The molecule has 0 saturated heterocycles. The molecule has 1 heterocycles. The number of benzene rings is 2. The highest BCUT2D eigenvalue weighted by atomic mass is 35.5. The van der Waals surface area contributed by atoms with Gasteiger partial charge in [-0.1, -0.05) is 84.6 Å². The van der Waals surface area contributed by atoms with Crippen molar-refractivity contribution in [1.82, 2.24) is 20.2 Å². The second kappa shape index (κ2) is 11.0. The van der Waals surface area contributed by atoms with Crippen LogP contribution in [0.15, 0.2) is 58.8 Å². The number of carbonyl (C=O) groups excluding carboxylic acids is 1. The molecular weight excluding hydrogens is 454 g/mol. The van der Waals surface area contributed by atoms with Crippen LogP contribution < -0.4 is 5.43 Å². The quantitative estimate of drug-likeness (QED) is 0.253. The van der Waals surface area contributed by atoms with Crippen LogP contribution >= 0.6 is 23.4 Å². The molecule has 1 fully saturated rings. The first-order chi connectivity index (χ1) is 16.0. The minimum Gasteiger partial charge on any atom is -0.299 e. The maximum Gasteiger partial charge on any atom is 0.250 e. The third-order valence-corrected chi connectivity index (χ3v) is 7.05. The van der Waals surface area contributed by atoms with E-state index in [1.165, 1.54) is 36.6 Å². The molecule has 2 aromatic carbocycles. The van der Waals surface area contributed by atoms with Crippen molar-refractivity contribution in [3.8, 4) is 11.4 Å². The van der Waals surface area contributed by atoms with Crippen LogP contribution in [0, 0.1) is 6.92 Å². The van der Waals surface area contributed by atoms with E-state index in [0.717, 1.165) is 40.7 Å². The Morgan fingerprint density at radius 1 is 1.09 bits per heavy atom. The lowest BCUT2D eigenvalue weighted by atomic mass is 9.95. The first-order valence-electron chi connectivity index (χ1n) is 11.2. The molecule has 1 N–H and O–H groups in total. The zero-order chi connectivity index (χ0) is 23.2. The number of hydrogen-bond acceptors (Lipinski definition) is 5. The van der Waals surface area contributed by atoms with E-state index in [1.807, 2.05) is 19.1 Å². The molecule has 1 amide bonds. The zero-order valence-electron chi connectivity index (χ0n) is 18.9. The highest BCUT2D eigenvalue weighted by molar-refractivity contribution is 7.99. The topological polar surface area (TPSA) is 72.2 Å². The molecule has 0 aliphatic heterocycles. The van der Waals surface area contributed by atoms with E-state index < -0.39 is 0 Å². The van der Waals surface area contributed by atoms with Crippen LogP contribution in [0.1, 0.15) is 56.2 Å². The average Bonchev–Trinajstić information content (AvgIpc) is 3.26. The molecule has 1 aromatic heterocycles. The van der Waals surface area contributed by atoms with Gasteiger partial charge in [-0.25, -0.2) is 5.43 Å². The number of hydrazone groups is 1. The van der Waals surface area contributed by atoms with Gasteiger partial charge >= 0.3 is 0 Å². The summed E-state index contributed by atoms with van der Waals surface area (Å²) in [5, 5.41) is 14.6. The zero-order valence-corrected chi connectivity index (χ0v) is 20.5. The van der Waals surface area contributed by atoms with Crippen LogP contribution in [0.4, 0.5) is 0 Å². The van der Waals surface area contributed by atoms with Crippen molar-refractivity contribution in [2.24, 2.45) is 5.10 Å². The van der Waals surface area contributed by atoms with Crippen LogP contribution in [0.25, 0.3) is 11.4 Å². The van der Waals surface area contributed by atoms with E-state index in [2.05, 4.69) is 56.5 Å². The Bertz CT molecular complexity index is 1120. The summed E-state index contributed by atoms with van der Waals surface area (Å²) in [6.45, 7) is 3.93. The smallest absolute Gasteiger partial charge is 0.250 e. The lowest BCUT2D eigenvalue weighted by Gasteiger charge is -2.25. The Hall–Kier alpha value is -2.64. The molecule has 33 heavy (non-hydrogen) atoms. The summed E-state index contributed by atoms with van der Waals surface area (Å²) in [6, 6.07) is 16.1. The Morgan fingerprint density at radius 2 is 1.79 bits per heavy atom. The Balaban J connectivity index is 1.47. The average molecular weight is 482 g/mol. The standard InChI is InChI=1S/C25H28ClN5OS/c1-17-8-10-20(11-9-17)24-29-30-25(31(24)22-6-4-3-5-7-22)33-16-23(32)28-27-18(2)19-12-14-21(26)15-13-19/h8-15,22H,3-7,16H2,1-2H3,(H,28,32). The van der Waals surface area contributed by atoms with Gasteiger partial charge in [-0.05, 0) is 44.4 Å². The molecule has 3 aromatic rings. The van der Waals surface area contributed by atoms with Gasteiger partial charge in [0.2, 0.25) is 0 Å². The summed E-state index contributed by atoms with van der Waals surface area (Å²) >= 11 is 7.34. The van der Waals surface area contributed by atoms with E-state index in [9.17, 15) is 4.79 Å². The van der Waals surface area contributed by atoms with Crippen molar-refractivity contribution < 1.29 is 4.79 Å². The number of carbonyl (C=O) groups is 1. The van der Waals surface area contributed by atoms with Crippen molar-refractivity contribution >= 4 is 35.0 Å². The molecule has 1 aliphatic rings. The molecule has 1 aliphatic carbocycles. The third kappa shape index (κ3) is 6.03. The Labute approximate surface area is 203 Å². The van der Waals surface area contributed by atoms with Crippen molar-refractivity contribution in [3.63, 3.8) is 0 Å². The number of halogens is 1. The van der Waals surface area contributed by atoms with Gasteiger partial charge in [0.05, 0.1) is 11.5 Å². The minimum absolute atomic E-state index is 0.177. The number of nitrogens with zero attached hydrogens (tertiary/aromatic N) is 4. The molecule has 172 valence electrons. The number of rotatable bonds is 7. The maximum atomic E-state index is 12.5. The highest BCUT2D eigenvalue weighted by Gasteiger charge is 2.24. The molecule has 0 spiro atoms. The van der Waals surface area contributed by atoms with Crippen LogP contribution in [0.2, 0.25) is 5.02 Å². The molecular formula is C25H28ClN5OS. The monoisotopic (exact) mass is 481 g/mol. The first kappa shape index (κ1) is 23.5. The van der Waals surface area contributed by atoms with Crippen LogP contribution in [0.3, 0.4) is 0 Å². The van der Waals surface area contributed by atoms with Gasteiger partial charge in [0.15, 0.2) is 11.0 Å². The second-order valence-corrected chi connectivity index (χ2v) is 9.74. The van der Waals surface area contributed by atoms with Gasteiger partial charge in [-0.15, -0.1) is 10.2 Å². The van der Waals surface area contributed by atoms with Crippen LogP contribution in [-0.4, -0.2) is 32.1 Å². The number of hydrogen-bond donors (Lipinski definition) is 1. The SMILES string of the molecule is CC(=NNC(=O)CSc1nnc(-c2ccc(C)cc2)n1C1CCCCC1)c1ccc(Cl)cc1. The predicted molar refractivity (Wildman–Crippen MR) is 135 cm³/mol. The largest absolute Gasteiger partial charge is 0.299 e. The number of aryl methyl sites for hydroxylation is 1. The fourth-order valence-electron chi connectivity index (χ4n) is 4.01. The van der Waals surface area contributed by atoms with E-state index >= 15 is 0 Å². The van der Waals surface area contributed by atoms with Gasteiger partial charge in [0, 0.05) is 16.6 Å². The first-order valence-corrected chi connectivity index (χ1v) is 12.6. The molecule has 6 nitrogen and oxygen atoms in total. The van der Waals surface area contributed by atoms with Crippen molar-refractivity contribution in [2.75, 3.05) is 5.75 Å². The molecule has 8 heteroatoms. The highest BCUT2D eigenvalue weighted by Crippen LogP contribution is 2.35. The number of nitrogens with one attached hydrogen (secondary N) is 1. The van der Waals surface area contributed by atoms with Gasteiger partial charge < -0.3 is 0 Å². The molecule has 0 atom stereocenters. The summed E-state index contributed by atoms with van der Waals surface area (Å²) in [6.07, 6.45) is 5.91. The number of amides is 1. The lowest BCUT2D eigenvalue weighted by molar-refractivity contribution is -0.118. The van der Waals surface area contributed by atoms with Crippen LogP contribution in [-0.2, 0) is 4.79 Å². The predicted octanol–water partition coefficient (Wildman–Crippen LogP) is 6.04. The summed E-state index contributed by atoms with van der Waals surface area (Å²) in [5.41, 5.74) is 6.54. The van der Waals surface area contributed by atoms with Crippen LogP contribution in [0.5, 0.6) is 0 Å². The maximum absolute atomic E-state index is 12.5. The van der Waals surface area contributed by atoms with Crippen molar-refractivity contribution in [1.29, 1.82) is 0 Å². The van der Waals surface area contributed by atoms with Gasteiger partial charge in [0.1, 0.15) is 0 Å². The normalized spacial score (nSPS) is 14.9. The van der Waals surface area contributed by atoms with Crippen molar-refractivity contribution in [3.05, 3.63) is 64.7 Å². The van der Waals surface area contributed by atoms with Gasteiger partial charge in [-0.2, -0.15) is 5.10 Å². The fraction of sp³-hybridized carbons (Fsp3) is 0.360. The van der Waals surface area contributed by atoms with Gasteiger partial charge in [0.25, 0.3) is 5.91 Å². The summed E-state index contributed by atoms with van der Waals surface area (Å²) in [7, 11) is 0. The molecule has 4 rings (SSSR count). The van der Waals surface area contributed by atoms with E-state index in [-0.39, 0.29) is 11.7 Å². The van der Waals surface area contributed by atoms with E-state index in [0.29, 0.717) is 11.1 Å². The number of thioether (sulfide) groups is 1. The summed E-state index contributed by atoms with van der Waals surface area (Å²) < 4.78 is 2.24. The van der Waals surface area contributed by atoms with Gasteiger partial charge in [-0.3, -0.25) is 9.36 Å². The van der Waals surface area contributed by atoms with Crippen molar-refractivity contribution in [2.45, 2.75) is 57.1 Å². The number of aromatic nitrogens is 3. The fourth-order valence-corrected chi connectivity index (χ4v) is 4.93. The Morgan fingerprint density at radius 3 is 2.48 bits per heavy atom. The minimum atomic E-state index is -0.177. The Kier molecular flexibility index (Phi) is 7.83. The lowest BCUT2D eigenvalue weighted by Crippen LogP contribution is -2.22. The third-order valence-electron chi connectivity index (χ3n) is 5.86. The second-order valence-electron chi connectivity index (χ2n) is 8.36. The summed E-state index contributed by atoms with van der Waals surface area (Å²) in [5.74, 6) is 0.917. The van der Waals surface area contributed by atoms with E-state index in [1.54, 1.807) is 12.1 Å². The molecule has 0 radical (unpaired) electrons. The molecule has 1 saturated carbocycles. The molecule has 0 bridgehead atoms. The van der Waals surface area contributed by atoms with E-state index in [4.69, 9.17) is 11.6 Å². The molecule has 0 unspecified atom stereocenters. The summed E-state index contributed by atoms with van der Waals surface area (Å²) in [4.78, 5) is 12.5.